The molecule has 0 saturated heterocycles. The van der Waals surface area contributed by atoms with Gasteiger partial charge in [0, 0.05) is 5.69 Å². The number of carbonyl (C=O) groups is 1. The maximum Gasteiger partial charge on any atom is 0.405 e. The van der Waals surface area contributed by atoms with Crippen molar-refractivity contribution in [1.29, 1.82) is 0 Å². The second-order valence-corrected chi connectivity index (χ2v) is 5.30. The average Bonchev–Trinajstić information content (AvgIpc) is 2.99. The van der Waals surface area contributed by atoms with Crippen LogP contribution in [-0.2, 0) is 4.79 Å². The fourth-order valence-electron chi connectivity index (χ4n) is 1.62. The van der Waals surface area contributed by atoms with Crippen LogP contribution in [0.1, 0.15) is 0 Å². The summed E-state index contributed by atoms with van der Waals surface area (Å²) in [5.74, 6) is -0.232. The van der Waals surface area contributed by atoms with E-state index in [0.29, 0.717) is 10.9 Å². The van der Waals surface area contributed by atoms with Crippen molar-refractivity contribution in [3.05, 3.63) is 30.6 Å². The minimum absolute atomic E-state index is 0.190. The number of halogens is 3. The van der Waals surface area contributed by atoms with Crippen LogP contribution < -0.4 is 10.1 Å². The van der Waals surface area contributed by atoms with Crippen LogP contribution in [-0.4, -0.2) is 46.3 Å². The van der Waals surface area contributed by atoms with Crippen LogP contribution in [0, 0.1) is 0 Å². The molecule has 10 heteroatoms. The number of amides is 1. The second-order valence-electron chi connectivity index (χ2n) is 4.36. The number of hydrogen-bond acceptors (Lipinski definition) is 5. The van der Waals surface area contributed by atoms with Crippen LogP contribution in [0.5, 0.6) is 5.75 Å². The van der Waals surface area contributed by atoms with Gasteiger partial charge >= 0.3 is 6.18 Å². The second kappa shape index (κ2) is 7.36. The van der Waals surface area contributed by atoms with E-state index in [0.717, 1.165) is 17.4 Å². The number of nitrogens with one attached hydrogen (secondary N) is 1. The van der Waals surface area contributed by atoms with Crippen LogP contribution in [0.3, 0.4) is 0 Å². The molecule has 0 radical (unpaired) electrons. The summed E-state index contributed by atoms with van der Waals surface area (Å²) in [5, 5.41) is 9.81. The maximum atomic E-state index is 12.0. The Morgan fingerprint density at radius 3 is 2.65 bits per heavy atom. The molecule has 0 fully saturated rings. The molecule has 0 unspecified atom stereocenters. The number of rotatable bonds is 6. The van der Waals surface area contributed by atoms with Crippen molar-refractivity contribution in [3.63, 3.8) is 0 Å². The van der Waals surface area contributed by atoms with Crippen LogP contribution >= 0.6 is 11.8 Å². The molecular weight excluding hydrogens is 333 g/mol. The molecule has 1 heterocycles. The highest BCUT2D eigenvalue weighted by atomic mass is 32.2. The molecule has 1 aromatic carbocycles. The molecule has 1 amide bonds. The summed E-state index contributed by atoms with van der Waals surface area (Å²) in [4.78, 5) is 11.4. The lowest BCUT2D eigenvalue weighted by Gasteiger charge is -2.09. The predicted octanol–water partition coefficient (Wildman–Crippen LogP) is 2.05. The molecule has 0 spiro atoms. The summed E-state index contributed by atoms with van der Waals surface area (Å²) in [6.07, 6.45) is -2.97. The summed E-state index contributed by atoms with van der Waals surface area (Å²) in [6.45, 7) is -1.35. The summed E-state index contributed by atoms with van der Waals surface area (Å²) in [6, 6.07) is 7.05. The number of benzene rings is 1. The Bertz CT molecular complexity index is 658. The standard InChI is InChI=1S/C13H13F3N4O2S/c1-22-10-4-2-9(3-5-10)20-8-18-19-12(20)23-6-11(21)17-7-13(14,15)16/h2-5,8H,6-7H2,1H3,(H,17,21). The van der Waals surface area contributed by atoms with E-state index in [9.17, 15) is 18.0 Å². The van der Waals surface area contributed by atoms with Gasteiger partial charge in [-0.3, -0.25) is 9.36 Å². The summed E-state index contributed by atoms with van der Waals surface area (Å²) < 4.78 is 42.7. The van der Waals surface area contributed by atoms with E-state index in [1.165, 1.54) is 6.33 Å². The third kappa shape index (κ3) is 5.16. The third-order valence-electron chi connectivity index (χ3n) is 2.69. The minimum Gasteiger partial charge on any atom is -0.497 e. The van der Waals surface area contributed by atoms with Gasteiger partial charge in [0.1, 0.15) is 18.6 Å². The first kappa shape index (κ1) is 17.1. The first-order valence-electron chi connectivity index (χ1n) is 6.40. The van der Waals surface area contributed by atoms with Crippen molar-refractivity contribution >= 4 is 17.7 Å². The number of carbonyl (C=O) groups excluding carboxylic acids is 1. The molecule has 2 aromatic rings. The molecule has 1 N–H and O–H groups in total. The van der Waals surface area contributed by atoms with Crippen molar-refractivity contribution in [3.8, 4) is 11.4 Å². The van der Waals surface area contributed by atoms with E-state index < -0.39 is 18.6 Å². The Hall–Kier alpha value is -2.23. The SMILES string of the molecule is COc1ccc(-n2cnnc2SCC(=O)NCC(F)(F)F)cc1. The van der Waals surface area contributed by atoms with Crippen LogP contribution in [0.25, 0.3) is 5.69 Å². The average molecular weight is 346 g/mol. The topological polar surface area (TPSA) is 69.0 Å². The number of thioether (sulfide) groups is 1. The van der Waals surface area contributed by atoms with Crippen molar-refractivity contribution in [2.75, 3.05) is 19.4 Å². The molecule has 0 aliphatic heterocycles. The van der Waals surface area contributed by atoms with Gasteiger partial charge in [-0.25, -0.2) is 0 Å². The van der Waals surface area contributed by atoms with Crippen LogP contribution in [0.15, 0.2) is 35.7 Å². The summed E-state index contributed by atoms with van der Waals surface area (Å²) in [5.41, 5.74) is 0.744. The number of alkyl halides is 3. The highest BCUT2D eigenvalue weighted by molar-refractivity contribution is 7.99. The van der Waals surface area contributed by atoms with Crippen molar-refractivity contribution in [2.24, 2.45) is 0 Å². The zero-order valence-corrected chi connectivity index (χ0v) is 12.8. The number of aromatic nitrogens is 3. The van der Waals surface area contributed by atoms with Gasteiger partial charge in [0.15, 0.2) is 5.16 Å². The Morgan fingerprint density at radius 2 is 2.04 bits per heavy atom. The lowest BCUT2D eigenvalue weighted by atomic mass is 10.3. The largest absolute Gasteiger partial charge is 0.497 e. The first-order chi connectivity index (χ1) is 10.9. The lowest BCUT2D eigenvalue weighted by Crippen LogP contribution is -2.34. The summed E-state index contributed by atoms with van der Waals surface area (Å²) >= 11 is 0.996. The zero-order chi connectivity index (χ0) is 16.9. The number of methoxy groups -OCH3 is 1. The maximum absolute atomic E-state index is 12.0. The third-order valence-corrected chi connectivity index (χ3v) is 3.63. The van der Waals surface area contributed by atoms with Crippen LogP contribution in [0.4, 0.5) is 13.2 Å². The van der Waals surface area contributed by atoms with Crippen LogP contribution in [0.2, 0.25) is 0 Å². The van der Waals surface area contributed by atoms with Gasteiger partial charge in [-0.05, 0) is 24.3 Å². The predicted molar refractivity (Wildman–Crippen MR) is 77.7 cm³/mol. The monoisotopic (exact) mass is 346 g/mol. The normalized spacial score (nSPS) is 11.3. The van der Waals surface area contributed by atoms with Gasteiger partial charge in [-0.2, -0.15) is 13.2 Å². The van der Waals surface area contributed by atoms with E-state index in [-0.39, 0.29) is 5.75 Å². The zero-order valence-electron chi connectivity index (χ0n) is 12.0. The lowest BCUT2D eigenvalue weighted by molar-refractivity contribution is -0.136. The molecule has 0 bridgehead atoms. The molecule has 124 valence electrons. The molecule has 1 aromatic heterocycles. The minimum atomic E-state index is -4.43. The number of ether oxygens (including phenoxy) is 1. The number of hydrogen-bond donors (Lipinski definition) is 1. The van der Waals surface area contributed by atoms with Gasteiger partial charge < -0.3 is 10.1 Å². The van der Waals surface area contributed by atoms with E-state index >= 15 is 0 Å². The molecule has 0 atom stereocenters. The van der Waals surface area contributed by atoms with Gasteiger partial charge in [0.05, 0.1) is 12.9 Å². The Kier molecular flexibility index (Phi) is 5.48. The molecule has 2 rings (SSSR count). The molecule has 23 heavy (non-hydrogen) atoms. The van der Waals surface area contributed by atoms with Gasteiger partial charge in [-0.1, -0.05) is 11.8 Å². The Labute approximate surface area is 134 Å². The highest BCUT2D eigenvalue weighted by Gasteiger charge is 2.27. The van der Waals surface area contributed by atoms with Crippen molar-refractivity contribution in [1.82, 2.24) is 20.1 Å². The molecule has 0 aliphatic carbocycles. The highest BCUT2D eigenvalue weighted by Crippen LogP contribution is 2.21. The van der Waals surface area contributed by atoms with E-state index in [1.807, 2.05) is 0 Å². The quantitative estimate of drug-likeness (QED) is 0.811. The van der Waals surface area contributed by atoms with Gasteiger partial charge in [0.2, 0.25) is 5.91 Å². The summed E-state index contributed by atoms with van der Waals surface area (Å²) in [7, 11) is 1.55. The van der Waals surface area contributed by atoms with Crippen molar-refractivity contribution < 1.29 is 22.7 Å². The van der Waals surface area contributed by atoms with E-state index in [1.54, 1.807) is 41.3 Å². The molecule has 0 aliphatic rings. The van der Waals surface area contributed by atoms with Gasteiger partial charge in [-0.15, -0.1) is 10.2 Å². The Balaban J connectivity index is 1.97. The fourth-order valence-corrected chi connectivity index (χ4v) is 2.38. The fraction of sp³-hybridized carbons (Fsp3) is 0.308. The van der Waals surface area contributed by atoms with Gasteiger partial charge in [0.25, 0.3) is 0 Å². The molecular formula is C13H13F3N4O2S. The molecule has 6 nitrogen and oxygen atoms in total. The Morgan fingerprint density at radius 1 is 1.35 bits per heavy atom. The first-order valence-corrected chi connectivity index (χ1v) is 7.38. The number of nitrogens with zero attached hydrogens (tertiary/aromatic N) is 3. The smallest absolute Gasteiger partial charge is 0.405 e. The molecule has 0 saturated carbocycles. The van der Waals surface area contributed by atoms with Crippen molar-refractivity contribution in [2.45, 2.75) is 11.3 Å². The van der Waals surface area contributed by atoms with E-state index in [4.69, 9.17) is 4.74 Å². The van der Waals surface area contributed by atoms with E-state index in [2.05, 4.69) is 10.2 Å².